The number of amides is 2. The molecule has 1 saturated heterocycles. The molecule has 0 aliphatic carbocycles. The zero-order chi connectivity index (χ0) is 16.2. The summed E-state index contributed by atoms with van der Waals surface area (Å²) in [7, 11) is 0. The van der Waals surface area contributed by atoms with Crippen LogP contribution in [0.1, 0.15) is 24.0 Å². The topological polar surface area (TPSA) is 45.2 Å². The number of urea groups is 1. The van der Waals surface area contributed by atoms with Crippen molar-refractivity contribution in [2.45, 2.75) is 32.2 Å². The van der Waals surface area contributed by atoms with Gasteiger partial charge in [-0.3, -0.25) is 5.32 Å². The Morgan fingerprint density at radius 2 is 2.26 bits per heavy atom. The Hall–Kier alpha value is -2.43. The van der Waals surface area contributed by atoms with Crippen LogP contribution in [-0.2, 0) is 6.42 Å². The number of rotatable bonds is 3. The van der Waals surface area contributed by atoms with Crippen molar-refractivity contribution in [1.82, 2.24) is 9.88 Å². The van der Waals surface area contributed by atoms with Crippen molar-refractivity contribution in [1.29, 1.82) is 0 Å². The van der Waals surface area contributed by atoms with Crippen LogP contribution >= 0.6 is 0 Å². The molecule has 1 atom stereocenters. The van der Waals surface area contributed by atoms with Crippen molar-refractivity contribution in [3.8, 4) is 0 Å². The van der Waals surface area contributed by atoms with Crippen LogP contribution in [0.15, 0.2) is 42.6 Å². The van der Waals surface area contributed by atoms with Crippen LogP contribution < -0.4 is 5.32 Å². The van der Waals surface area contributed by atoms with Crippen molar-refractivity contribution in [2.24, 2.45) is 0 Å². The second kappa shape index (κ2) is 6.77. The smallest absolute Gasteiger partial charge is 0.321 e. The highest BCUT2D eigenvalue weighted by atomic mass is 19.1. The third kappa shape index (κ3) is 3.67. The van der Waals surface area contributed by atoms with Gasteiger partial charge in [0.05, 0.1) is 0 Å². The molecule has 1 aliphatic heterocycles. The highest BCUT2D eigenvalue weighted by Gasteiger charge is 2.29. The number of hydrogen-bond donors (Lipinski definition) is 1. The maximum atomic E-state index is 13.3. The molecule has 1 N–H and O–H groups in total. The molecule has 4 nitrogen and oxygen atoms in total. The van der Waals surface area contributed by atoms with E-state index in [-0.39, 0.29) is 17.9 Å². The van der Waals surface area contributed by atoms with Crippen LogP contribution in [0.3, 0.4) is 0 Å². The van der Waals surface area contributed by atoms with Gasteiger partial charge in [-0.1, -0.05) is 18.2 Å². The molecule has 3 rings (SSSR count). The predicted molar refractivity (Wildman–Crippen MR) is 87.8 cm³/mol. The Morgan fingerprint density at radius 3 is 3.04 bits per heavy atom. The van der Waals surface area contributed by atoms with E-state index in [0.717, 1.165) is 30.5 Å². The van der Waals surface area contributed by atoms with E-state index in [9.17, 15) is 9.18 Å². The summed E-state index contributed by atoms with van der Waals surface area (Å²) in [6.45, 7) is 2.63. The van der Waals surface area contributed by atoms with Gasteiger partial charge in [0, 0.05) is 18.8 Å². The minimum Gasteiger partial charge on any atom is -0.321 e. The first kappa shape index (κ1) is 15.5. The number of aryl methyl sites for hydroxylation is 1. The molecule has 23 heavy (non-hydrogen) atoms. The molecule has 5 heteroatoms. The molecule has 1 aliphatic rings. The van der Waals surface area contributed by atoms with E-state index in [1.54, 1.807) is 12.3 Å². The largest absolute Gasteiger partial charge is 0.323 e. The van der Waals surface area contributed by atoms with E-state index in [4.69, 9.17) is 0 Å². The first-order chi connectivity index (χ1) is 11.1. The summed E-state index contributed by atoms with van der Waals surface area (Å²) in [5.74, 6) is 0.356. The maximum absolute atomic E-state index is 13.3. The molecular weight excluding hydrogens is 293 g/mol. The Labute approximate surface area is 135 Å². The van der Waals surface area contributed by atoms with Crippen molar-refractivity contribution >= 4 is 11.8 Å². The first-order valence-corrected chi connectivity index (χ1v) is 7.87. The number of nitrogens with zero attached hydrogens (tertiary/aromatic N) is 2. The monoisotopic (exact) mass is 313 g/mol. The van der Waals surface area contributed by atoms with E-state index in [1.807, 2.05) is 30.0 Å². The van der Waals surface area contributed by atoms with E-state index in [0.29, 0.717) is 12.2 Å². The SMILES string of the molecule is Cc1cccnc1NC(=O)N1CCC[C@H]1Cc1cccc(F)c1. The molecule has 1 fully saturated rings. The minimum atomic E-state index is -0.236. The highest BCUT2D eigenvalue weighted by Crippen LogP contribution is 2.23. The zero-order valence-corrected chi connectivity index (χ0v) is 13.1. The van der Waals surface area contributed by atoms with Crippen LogP contribution in [0.25, 0.3) is 0 Å². The molecule has 2 amide bonds. The molecule has 1 aromatic carbocycles. The molecule has 0 unspecified atom stereocenters. The van der Waals surface area contributed by atoms with Crippen LogP contribution in [0, 0.1) is 12.7 Å². The minimum absolute atomic E-state index is 0.0980. The molecule has 0 saturated carbocycles. The fraction of sp³-hybridized carbons (Fsp3) is 0.333. The summed E-state index contributed by atoms with van der Waals surface area (Å²) in [5.41, 5.74) is 1.85. The van der Waals surface area contributed by atoms with Gasteiger partial charge in [-0.05, 0) is 55.5 Å². The van der Waals surface area contributed by atoms with Crippen molar-refractivity contribution in [3.05, 3.63) is 59.5 Å². The molecule has 2 heterocycles. The normalized spacial score (nSPS) is 17.3. The standard InChI is InChI=1S/C18H20FN3O/c1-13-5-3-9-20-17(13)21-18(23)22-10-4-8-16(22)12-14-6-2-7-15(19)11-14/h2-3,5-7,9,11,16H,4,8,10,12H2,1H3,(H,20,21,23)/t16-/m0/s1. The van der Waals surface area contributed by atoms with Crippen molar-refractivity contribution in [2.75, 3.05) is 11.9 Å². The fourth-order valence-electron chi connectivity index (χ4n) is 3.04. The summed E-state index contributed by atoms with van der Waals surface area (Å²) in [6.07, 6.45) is 4.24. The summed E-state index contributed by atoms with van der Waals surface area (Å²) >= 11 is 0. The highest BCUT2D eigenvalue weighted by molar-refractivity contribution is 5.89. The van der Waals surface area contributed by atoms with Crippen LogP contribution in [0.5, 0.6) is 0 Å². The van der Waals surface area contributed by atoms with E-state index >= 15 is 0 Å². The Kier molecular flexibility index (Phi) is 4.55. The number of pyridine rings is 1. The lowest BCUT2D eigenvalue weighted by molar-refractivity contribution is 0.206. The van der Waals surface area contributed by atoms with Gasteiger partial charge in [-0.25, -0.2) is 14.2 Å². The van der Waals surface area contributed by atoms with Crippen LogP contribution in [0.2, 0.25) is 0 Å². The van der Waals surface area contributed by atoms with Gasteiger partial charge in [0.25, 0.3) is 0 Å². The number of hydrogen-bond acceptors (Lipinski definition) is 2. The van der Waals surface area contributed by atoms with E-state index in [2.05, 4.69) is 10.3 Å². The van der Waals surface area contributed by atoms with Crippen LogP contribution in [-0.4, -0.2) is 28.5 Å². The van der Waals surface area contributed by atoms with Gasteiger partial charge in [0.2, 0.25) is 0 Å². The fourth-order valence-corrected chi connectivity index (χ4v) is 3.04. The number of benzene rings is 1. The van der Waals surface area contributed by atoms with Gasteiger partial charge in [0.1, 0.15) is 11.6 Å². The van der Waals surface area contributed by atoms with Gasteiger partial charge in [-0.15, -0.1) is 0 Å². The number of halogens is 1. The second-order valence-electron chi connectivity index (χ2n) is 5.92. The summed E-state index contributed by atoms with van der Waals surface area (Å²) in [6, 6.07) is 10.3. The average Bonchev–Trinajstić information content (AvgIpc) is 2.98. The number of carbonyl (C=O) groups excluding carboxylic acids is 1. The van der Waals surface area contributed by atoms with Crippen molar-refractivity contribution in [3.63, 3.8) is 0 Å². The molecular formula is C18H20FN3O. The number of anilines is 1. The maximum Gasteiger partial charge on any atom is 0.323 e. The lowest BCUT2D eigenvalue weighted by Crippen LogP contribution is -2.40. The Balaban J connectivity index is 1.69. The van der Waals surface area contributed by atoms with E-state index < -0.39 is 0 Å². The number of aromatic nitrogens is 1. The van der Waals surface area contributed by atoms with Gasteiger partial charge in [0.15, 0.2) is 0 Å². The summed E-state index contributed by atoms with van der Waals surface area (Å²) in [4.78, 5) is 18.6. The van der Waals surface area contributed by atoms with Gasteiger partial charge < -0.3 is 4.90 Å². The number of carbonyl (C=O) groups is 1. The number of likely N-dealkylation sites (tertiary alicyclic amines) is 1. The molecule has 1 aromatic heterocycles. The second-order valence-corrected chi connectivity index (χ2v) is 5.92. The lowest BCUT2D eigenvalue weighted by atomic mass is 10.0. The molecule has 0 radical (unpaired) electrons. The molecule has 0 bridgehead atoms. The molecule has 0 spiro atoms. The zero-order valence-electron chi connectivity index (χ0n) is 13.1. The van der Waals surface area contributed by atoms with Crippen molar-refractivity contribution < 1.29 is 9.18 Å². The first-order valence-electron chi connectivity index (χ1n) is 7.87. The third-order valence-electron chi connectivity index (χ3n) is 4.23. The third-order valence-corrected chi connectivity index (χ3v) is 4.23. The van der Waals surface area contributed by atoms with Gasteiger partial charge >= 0.3 is 6.03 Å². The summed E-state index contributed by atoms with van der Waals surface area (Å²) < 4.78 is 13.3. The number of nitrogens with one attached hydrogen (secondary N) is 1. The van der Waals surface area contributed by atoms with Crippen LogP contribution in [0.4, 0.5) is 15.0 Å². The van der Waals surface area contributed by atoms with Gasteiger partial charge in [-0.2, -0.15) is 0 Å². The summed E-state index contributed by atoms with van der Waals surface area (Å²) in [5, 5.41) is 2.88. The molecule has 2 aromatic rings. The predicted octanol–water partition coefficient (Wildman–Crippen LogP) is 3.77. The quantitative estimate of drug-likeness (QED) is 0.937. The Bertz CT molecular complexity index is 704. The van der Waals surface area contributed by atoms with E-state index in [1.165, 1.54) is 12.1 Å². The molecule has 120 valence electrons. The average molecular weight is 313 g/mol. The lowest BCUT2D eigenvalue weighted by Gasteiger charge is -2.25. The Morgan fingerprint density at radius 1 is 1.39 bits per heavy atom.